The van der Waals surface area contributed by atoms with Crippen LogP contribution in [-0.2, 0) is 6.54 Å². The standard InChI is InChI=1S/C21H30N2O4/c1-23(2)18(15-7-9-20(26-5)21(12-15)27-6)14-22-13-16-11-17(24-3)8-10-19(16)25-4/h7-12,18,22H,13-14H2,1-6H3/t18-/m1/s1. The van der Waals surface area contributed by atoms with E-state index in [4.69, 9.17) is 18.9 Å². The smallest absolute Gasteiger partial charge is 0.161 e. The van der Waals surface area contributed by atoms with E-state index >= 15 is 0 Å². The lowest BCUT2D eigenvalue weighted by atomic mass is 10.0. The fourth-order valence-electron chi connectivity index (χ4n) is 3.02. The van der Waals surface area contributed by atoms with Crippen LogP contribution in [0.15, 0.2) is 36.4 Å². The molecule has 0 saturated heterocycles. The molecule has 6 heteroatoms. The van der Waals surface area contributed by atoms with Crippen LogP contribution < -0.4 is 24.3 Å². The molecule has 1 N–H and O–H groups in total. The maximum Gasteiger partial charge on any atom is 0.161 e. The van der Waals surface area contributed by atoms with Crippen LogP contribution >= 0.6 is 0 Å². The van der Waals surface area contributed by atoms with Gasteiger partial charge < -0.3 is 29.2 Å². The van der Waals surface area contributed by atoms with Crippen molar-refractivity contribution >= 4 is 0 Å². The Balaban J connectivity index is 2.12. The van der Waals surface area contributed by atoms with E-state index in [9.17, 15) is 0 Å². The van der Waals surface area contributed by atoms with Gasteiger partial charge in [-0.25, -0.2) is 0 Å². The zero-order valence-corrected chi connectivity index (χ0v) is 17.0. The van der Waals surface area contributed by atoms with Crippen LogP contribution in [0.1, 0.15) is 17.2 Å². The Morgan fingerprint density at radius 2 is 1.48 bits per heavy atom. The molecule has 0 heterocycles. The highest BCUT2D eigenvalue weighted by molar-refractivity contribution is 5.44. The van der Waals surface area contributed by atoms with Gasteiger partial charge >= 0.3 is 0 Å². The molecule has 0 bridgehead atoms. The van der Waals surface area contributed by atoms with Gasteiger partial charge in [0.2, 0.25) is 0 Å². The summed E-state index contributed by atoms with van der Waals surface area (Å²) in [6.07, 6.45) is 0. The number of likely N-dealkylation sites (N-methyl/N-ethyl adjacent to an activating group) is 1. The summed E-state index contributed by atoms with van der Waals surface area (Å²) in [5.41, 5.74) is 2.21. The molecule has 1 atom stereocenters. The van der Waals surface area contributed by atoms with Crippen molar-refractivity contribution in [1.82, 2.24) is 10.2 Å². The van der Waals surface area contributed by atoms with E-state index in [0.29, 0.717) is 6.54 Å². The van der Waals surface area contributed by atoms with Gasteiger partial charge in [0.15, 0.2) is 11.5 Å². The molecule has 0 fully saturated rings. The molecule has 2 rings (SSSR count). The lowest BCUT2D eigenvalue weighted by Crippen LogP contribution is -2.31. The Kier molecular flexibility index (Phi) is 7.76. The number of ether oxygens (including phenoxy) is 4. The Bertz CT molecular complexity index is 734. The summed E-state index contributed by atoms with van der Waals surface area (Å²) in [5, 5.41) is 3.52. The molecule has 0 radical (unpaired) electrons. The second-order valence-corrected chi connectivity index (χ2v) is 6.40. The Hall–Kier alpha value is -2.44. The monoisotopic (exact) mass is 374 g/mol. The van der Waals surface area contributed by atoms with E-state index in [1.54, 1.807) is 28.4 Å². The molecule has 27 heavy (non-hydrogen) atoms. The minimum Gasteiger partial charge on any atom is -0.497 e. The van der Waals surface area contributed by atoms with Gasteiger partial charge in [-0.1, -0.05) is 6.07 Å². The van der Waals surface area contributed by atoms with Gasteiger partial charge in [-0.2, -0.15) is 0 Å². The first-order valence-corrected chi connectivity index (χ1v) is 8.84. The third-order valence-corrected chi connectivity index (χ3v) is 4.56. The molecule has 0 spiro atoms. The largest absolute Gasteiger partial charge is 0.497 e. The van der Waals surface area contributed by atoms with Crippen molar-refractivity contribution < 1.29 is 18.9 Å². The van der Waals surface area contributed by atoms with Crippen LogP contribution in [0.2, 0.25) is 0 Å². The molecule has 148 valence electrons. The number of nitrogens with one attached hydrogen (secondary N) is 1. The first-order valence-electron chi connectivity index (χ1n) is 8.84. The zero-order chi connectivity index (χ0) is 19.8. The summed E-state index contributed by atoms with van der Waals surface area (Å²) in [6, 6.07) is 12.0. The fourth-order valence-corrected chi connectivity index (χ4v) is 3.02. The van der Waals surface area contributed by atoms with Crippen molar-refractivity contribution in [3.63, 3.8) is 0 Å². The molecular formula is C21H30N2O4. The number of methoxy groups -OCH3 is 4. The number of benzene rings is 2. The molecule has 2 aromatic carbocycles. The molecule has 6 nitrogen and oxygen atoms in total. The van der Waals surface area contributed by atoms with E-state index in [2.05, 4.69) is 30.4 Å². The van der Waals surface area contributed by atoms with Gasteiger partial charge in [-0.3, -0.25) is 0 Å². The quantitative estimate of drug-likeness (QED) is 0.690. The Morgan fingerprint density at radius 3 is 2.07 bits per heavy atom. The predicted molar refractivity (Wildman–Crippen MR) is 107 cm³/mol. The predicted octanol–water partition coefficient (Wildman–Crippen LogP) is 3.11. The van der Waals surface area contributed by atoms with Gasteiger partial charge in [-0.15, -0.1) is 0 Å². The van der Waals surface area contributed by atoms with Crippen molar-refractivity contribution in [1.29, 1.82) is 0 Å². The van der Waals surface area contributed by atoms with Crippen LogP contribution in [0.4, 0.5) is 0 Å². The second kappa shape index (κ2) is 10.0. The molecule has 2 aromatic rings. The van der Waals surface area contributed by atoms with Crippen LogP contribution in [0, 0.1) is 0 Å². The van der Waals surface area contributed by atoms with Crippen molar-refractivity contribution in [2.24, 2.45) is 0 Å². The maximum absolute atomic E-state index is 5.45. The summed E-state index contributed by atoms with van der Waals surface area (Å²) in [7, 11) is 10.8. The van der Waals surface area contributed by atoms with E-state index in [1.807, 2.05) is 30.3 Å². The zero-order valence-electron chi connectivity index (χ0n) is 17.0. The van der Waals surface area contributed by atoms with Gasteiger partial charge in [0.1, 0.15) is 11.5 Å². The Labute approximate surface area is 162 Å². The van der Waals surface area contributed by atoms with Crippen molar-refractivity contribution in [2.45, 2.75) is 12.6 Å². The van der Waals surface area contributed by atoms with Crippen LogP contribution in [-0.4, -0.2) is 54.0 Å². The highest BCUT2D eigenvalue weighted by atomic mass is 16.5. The van der Waals surface area contributed by atoms with E-state index in [0.717, 1.165) is 40.7 Å². The third-order valence-electron chi connectivity index (χ3n) is 4.56. The van der Waals surface area contributed by atoms with Crippen LogP contribution in [0.3, 0.4) is 0 Å². The highest BCUT2D eigenvalue weighted by Gasteiger charge is 2.17. The lowest BCUT2D eigenvalue weighted by Gasteiger charge is -2.26. The molecule has 0 aromatic heterocycles. The van der Waals surface area contributed by atoms with Gasteiger partial charge in [0, 0.05) is 24.7 Å². The second-order valence-electron chi connectivity index (χ2n) is 6.40. The molecule has 0 amide bonds. The van der Waals surface area contributed by atoms with Gasteiger partial charge in [0.25, 0.3) is 0 Å². The first-order chi connectivity index (χ1) is 13.0. The third kappa shape index (κ3) is 5.28. The fraction of sp³-hybridized carbons (Fsp3) is 0.429. The Morgan fingerprint density at radius 1 is 0.815 bits per heavy atom. The minimum atomic E-state index is 0.182. The number of rotatable bonds is 10. The van der Waals surface area contributed by atoms with E-state index in [-0.39, 0.29) is 6.04 Å². The average molecular weight is 374 g/mol. The molecule has 0 aliphatic rings. The molecule has 0 aliphatic carbocycles. The number of hydrogen-bond donors (Lipinski definition) is 1. The summed E-state index contributed by atoms with van der Waals surface area (Å²) in [6.45, 7) is 1.45. The lowest BCUT2D eigenvalue weighted by molar-refractivity contribution is 0.285. The maximum atomic E-state index is 5.45. The minimum absolute atomic E-state index is 0.182. The number of nitrogens with zero attached hydrogens (tertiary/aromatic N) is 1. The molecule has 0 saturated carbocycles. The van der Waals surface area contributed by atoms with Gasteiger partial charge in [-0.05, 0) is 50.0 Å². The highest BCUT2D eigenvalue weighted by Crippen LogP contribution is 2.31. The molecule has 0 aliphatic heterocycles. The van der Waals surface area contributed by atoms with Gasteiger partial charge in [0.05, 0.1) is 28.4 Å². The van der Waals surface area contributed by atoms with Crippen molar-refractivity contribution in [3.05, 3.63) is 47.5 Å². The van der Waals surface area contributed by atoms with E-state index in [1.165, 1.54) is 0 Å². The topological polar surface area (TPSA) is 52.2 Å². The SMILES string of the molecule is COc1ccc(OC)c(CNC[C@H](c2ccc(OC)c(OC)c2)N(C)C)c1. The molecular weight excluding hydrogens is 344 g/mol. The van der Waals surface area contributed by atoms with Crippen LogP contribution in [0.25, 0.3) is 0 Å². The number of hydrogen-bond acceptors (Lipinski definition) is 6. The van der Waals surface area contributed by atoms with Crippen LogP contribution in [0.5, 0.6) is 23.0 Å². The molecule has 0 unspecified atom stereocenters. The average Bonchev–Trinajstić information content (AvgIpc) is 2.70. The first kappa shape index (κ1) is 20.9. The van der Waals surface area contributed by atoms with Crippen molar-refractivity contribution in [3.8, 4) is 23.0 Å². The summed E-state index contributed by atoms with van der Waals surface area (Å²) in [4.78, 5) is 2.18. The summed E-state index contributed by atoms with van der Waals surface area (Å²) >= 11 is 0. The normalized spacial score (nSPS) is 12.0. The van der Waals surface area contributed by atoms with Crippen molar-refractivity contribution in [2.75, 3.05) is 49.1 Å². The summed E-state index contributed by atoms with van der Waals surface area (Å²) < 4.78 is 21.6. The van der Waals surface area contributed by atoms with E-state index < -0.39 is 0 Å². The summed E-state index contributed by atoms with van der Waals surface area (Å²) in [5.74, 6) is 3.12.